The van der Waals surface area contributed by atoms with E-state index >= 15 is 0 Å². The molecular formula is C22H35N5O4. The minimum Gasteiger partial charge on any atom is -0.444 e. The van der Waals surface area contributed by atoms with Crippen LogP contribution >= 0.6 is 0 Å². The van der Waals surface area contributed by atoms with Crippen LogP contribution in [-0.2, 0) is 14.3 Å². The van der Waals surface area contributed by atoms with Crippen LogP contribution in [0, 0.1) is 0 Å². The first kappa shape index (κ1) is 24.6. The van der Waals surface area contributed by atoms with Crippen molar-refractivity contribution >= 4 is 24.1 Å². The first-order valence-electron chi connectivity index (χ1n) is 10.7. The molecule has 2 N–H and O–H groups in total. The molecule has 0 aromatic rings. The molecule has 1 unspecified atom stereocenters. The van der Waals surface area contributed by atoms with Gasteiger partial charge < -0.3 is 15.0 Å². The standard InChI is InChI=1S/C22H35N5O4/c1-7-11-24-27(17-13-26(14-17)21(30)31-22(4,5)6)15(3)16(8-2)12-23-18-9-10-19(28)25-20(18)29/h8,11,17-18,23H,2,7,9-10,12-14H2,1,3-6H3,(H,25,28,29)/b16-15+,24-11-. The number of ether oxygens (including phenoxy) is 1. The van der Waals surface area contributed by atoms with E-state index in [0.717, 1.165) is 17.7 Å². The quantitative estimate of drug-likeness (QED) is 0.263. The van der Waals surface area contributed by atoms with Gasteiger partial charge in [0.25, 0.3) is 0 Å². The van der Waals surface area contributed by atoms with E-state index < -0.39 is 11.6 Å². The number of likely N-dealkylation sites (tertiary alicyclic amines) is 1. The van der Waals surface area contributed by atoms with E-state index in [2.05, 4.69) is 22.3 Å². The number of rotatable bonds is 8. The zero-order valence-corrected chi connectivity index (χ0v) is 19.2. The molecule has 9 heteroatoms. The van der Waals surface area contributed by atoms with Crippen molar-refractivity contribution in [2.75, 3.05) is 19.6 Å². The smallest absolute Gasteiger partial charge is 0.410 e. The number of hydrogen-bond acceptors (Lipinski definition) is 7. The molecule has 0 radical (unpaired) electrons. The highest BCUT2D eigenvalue weighted by atomic mass is 16.6. The zero-order chi connectivity index (χ0) is 23.2. The lowest BCUT2D eigenvalue weighted by molar-refractivity contribution is -0.134. The van der Waals surface area contributed by atoms with Gasteiger partial charge in [-0.05, 0) is 46.1 Å². The Labute approximate surface area is 184 Å². The largest absolute Gasteiger partial charge is 0.444 e. The molecule has 2 saturated heterocycles. The summed E-state index contributed by atoms with van der Waals surface area (Å²) < 4.78 is 5.43. The van der Waals surface area contributed by atoms with Gasteiger partial charge in [0, 0.05) is 38.0 Å². The molecule has 0 bridgehead atoms. The van der Waals surface area contributed by atoms with Crippen molar-refractivity contribution in [1.82, 2.24) is 20.5 Å². The Morgan fingerprint density at radius 2 is 2.06 bits per heavy atom. The average molecular weight is 434 g/mol. The first-order valence-corrected chi connectivity index (χ1v) is 10.7. The van der Waals surface area contributed by atoms with E-state index in [0.29, 0.717) is 32.5 Å². The number of nitrogens with zero attached hydrogens (tertiary/aromatic N) is 3. The molecule has 2 aliphatic heterocycles. The fraction of sp³-hybridized carbons (Fsp3) is 0.636. The van der Waals surface area contributed by atoms with Crippen molar-refractivity contribution < 1.29 is 19.1 Å². The summed E-state index contributed by atoms with van der Waals surface area (Å²) in [6.45, 7) is 14.8. The van der Waals surface area contributed by atoms with Gasteiger partial charge in [-0.15, -0.1) is 0 Å². The monoisotopic (exact) mass is 433 g/mol. The molecule has 2 aliphatic rings. The molecule has 0 spiro atoms. The van der Waals surface area contributed by atoms with Gasteiger partial charge in [-0.1, -0.05) is 19.6 Å². The Balaban J connectivity index is 2.05. The normalized spacial score (nSPS) is 20.8. The van der Waals surface area contributed by atoms with Gasteiger partial charge in [-0.2, -0.15) is 5.10 Å². The second kappa shape index (κ2) is 10.6. The predicted octanol–water partition coefficient (Wildman–Crippen LogP) is 2.16. The van der Waals surface area contributed by atoms with Crippen molar-refractivity contribution in [2.24, 2.45) is 5.10 Å². The van der Waals surface area contributed by atoms with Gasteiger partial charge in [0.2, 0.25) is 11.8 Å². The molecule has 0 aromatic carbocycles. The van der Waals surface area contributed by atoms with Crippen molar-refractivity contribution in [1.29, 1.82) is 0 Å². The van der Waals surface area contributed by atoms with Crippen LogP contribution < -0.4 is 10.6 Å². The number of amides is 3. The molecule has 9 nitrogen and oxygen atoms in total. The maximum absolute atomic E-state index is 12.3. The third-order valence-corrected chi connectivity index (χ3v) is 5.08. The van der Waals surface area contributed by atoms with E-state index in [-0.39, 0.29) is 23.9 Å². The predicted molar refractivity (Wildman–Crippen MR) is 119 cm³/mol. The molecule has 2 heterocycles. The highest BCUT2D eigenvalue weighted by Crippen LogP contribution is 2.24. The fourth-order valence-electron chi connectivity index (χ4n) is 3.33. The van der Waals surface area contributed by atoms with Crippen molar-refractivity contribution in [3.63, 3.8) is 0 Å². The number of nitrogens with one attached hydrogen (secondary N) is 2. The third-order valence-electron chi connectivity index (χ3n) is 5.08. The fourth-order valence-corrected chi connectivity index (χ4v) is 3.33. The molecule has 2 fully saturated rings. The SMILES string of the molecule is C=C/C(CNC1CCC(=O)NC1=O)=C(/C)N(/N=C\CC)C1CN(C(=O)OC(C)(C)C)C1. The Bertz CT molecular complexity index is 762. The lowest BCUT2D eigenvalue weighted by Crippen LogP contribution is -2.60. The summed E-state index contributed by atoms with van der Waals surface area (Å²) in [7, 11) is 0. The Morgan fingerprint density at radius 1 is 1.39 bits per heavy atom. The van der Waals surface area contributed by atoms with Crippen LogP contribution in [0.25, 0.3) is 0 Å². The number of imide groups is 1. The van der Waals surface area contributed by atoms with E-state index in [1.54, 1.807) is 11.0 Å². The number of hydrazone groups is 1. The molecule has 0 aliphatic carbocycles. The van der Waals surface area contributed by atoms with Crippen LogP contribution in [0.3, 0.4) is 0 Å². The molecule has 2 rings (SSSR count). The van der Waals surface area contributed by atoms with Gasteiger partial charge in [0.15, 0.2) is 0 Å². The summed E-state index contributed by atoms with van der Waals surface area (Å²) >= 11 is 0. The van der Waals surface area contributed by atoms with Crippen molar-refractivity contribution in [3.05, 3.63) is 23.9 Å². The Hall–Kier alpha value is -2.68. The zero-order valence-electron chi connectivity index (χ0n) is 19.2. The van der Waals surface area contributed by atoms with Crippen molar-refractivity contribution in [2.45, 2.75) is 71.6 Å². The van der Waals surface area contributed by atoms with E-state index in [1.807, 2.05) is 45.8 Å². The van der Waals surface area contributed by atoms with Crippen molar-refractivity contribution in [3.8, 4) is 0 Å². The van der Waals surface area contributed by atoms with Crippen LogP contribution in [0.1, 0.15) is 53.9 Å². The molecule has 0 aromatic heterocycles. The second-order valence-corrected chi connectivity index (χ2v) is 8.79. The summed E-state index contributed by atoms with van der Waals surface area (Å²) in [5, 5.41) is 12.1. The lowest BCUT2D eigenvalue weighted by atomic mass is 10.0. The third kappa shape index (κ3) is 6.92. The van der Waals surface area contributed by atoms with Crippen LogP contribution in [0.4, 0.5) is 4.79 Å². The van der Waals surface area contributed by atoms with E-state index in [9.17, 15) is 14.4 Å². The second-order valence-electron chi connectivity index (χ2n) is 8.79. The Kier molecular flexibility index (Phi) is 8.38. The molecular weight excluding hydrogens is 398 g/mol. The van der Waals surface area contributed by atoms with Gasteiger partial charge >= 0.3 is 6.09 Å². The highest BCUT2D eigenvalue weighted by molar-refractivity contribution is 6.00. The topological polar surface area (TPSA) is 103 Å². The maximum Gasteiger partial charge on any atom is 0.410 e. The number of piperidine rings is 1. The molecule has 172 valence electrons. The van der Waals surface area contributed by atoms with E-state index in [4.69, 9.17) is 4.74 Å². The average Bonchev–Trinajstić information content (AvgIpc) is 2.63. The lowest BCUT2D eigenvalue weighted by Gasteiger charge is -2.44. The van der Waals surface area contributed by atoms with Crippen LogP contribution in [0.5, 0.6) is 0 Å². The Morgan fingerprint density at radius 3 is 2.61 bits per heavy atom. The molecule has 3 amide bonds. The number of hydrogen-bond donors (Lipinski definition) is 2. The molecule has 0 saturated carbocycles. The highest BCUT2D eigenvalue weighted by Gasteiger charge is 2.38. The maximum atomic E-state index is 12.3. The minimum absolute atomic E-state index is 0.0286. The summed E-state index contributed by atoms with van der Waals surface area (Å²) in [6, 6.07) is -0.389. The summed E-state index contributed by atoms with van der Waals surface area (Å²) in [6.07, 6.45) is 4.82. The summed E-state index contributed by atoms with van der Waals surface area (Å²) in [4.78, 5) is 37.2. The van der Waals surface area contributed by atoms with Gasteiger partial charge in [-0.25, -0.2) is 4.79 Å². The van der Waals surface area contributed by atoms with Crippen LogP contribution in [0.2, 0.25) is 0 Å². The minimum atomic E-state index is -0.532. The molecule has 1 atom stereocenters. The van der Waals surface area contributed by atoms with Crippen LogP contribution in [-0.4, -0.2) is 71.4 Å². The van der Waals surface area contributed by atoms with Gasteiger partial charge in [-0.3, -0.25) is 19.9 Å². The van der Waals surface area contributed by atoms with Gasteiger partial charge in [0.05, 0.1) is 12.1 Å². The number of carbonyl (C=O) groups excluding carboxylic acids is 3. The van der Waals surface area contributed by atoms with Crippen LogP contribution in [0.15, 0.2) is 29.0 Å². The summed E-state index contributed by atoms with van der Waals surface area (Å²) in [5.74, 6) is -0.538. The first-order chi connectivity index (χ1) is 14.6. The van der Waals surface area contributed by atoms with E-state index in [1.165, 1.54) is 0 Å². The molecule has 31 heavy (non-hydrogen) atoms. The number of carbonyl (C=O) groups is 3. The number of allylic oxidation sites excluding steroid dienone is 1. The summed E-state index contributed by atoms with van der Waals surface area (Å²) in [5.41, 5.74) is 1.26. The van der Waals surface area contributed by atoms with Gasteiger partial charge in [0.1, 0.15) is 5.60 Å².